The number of hydrogen-bond acceptors (Lipinski definition) is 3. The summed E-state index contributed by atoms with van der Waals surface area (Å²) in [6.45, 7) is 0. The molecule has 0 aliphatic rings. The molecule has 1 N–H and O–H groups in total. The molecule has 1 heterocycles. The molecule has 0 saturated carbocycles. The van der Waals surface area contributed by atoms with Crippen LogP contribution in [0.15, 0.2) is 42.6 Å². The standard InChI is InChI=1S/C15H17FN2O/c1-17-14(10-11-6-3-4-8-13(11)16)12-7-5-9-18-15(12)19-2/h3-9,14,17H,10H2,1-2H3. The SMILES string of the molecule is CNC(Cc1ccccc1F)c1cccnc1OC. The van der Waals surface area contributed by atoms with Crippen LogP contribution in [0.2, 0.25) is 0 Å². The summed E-state index contributed by atoms with van der Waals surface area (Å²) in [6.07, 6.45) is 2.23. The molecular weight excluding hydrogens is 243 g/mol. The predicted octanol–water partition coefficient (Wildman–Crippen LogP) is 2.73. The summed E-state index contributed by atoms with van der Waals surface area (Å²) in [6, 6.07) is 10.5. The van der Waals surface area contributed by atoms with Crippen LogP contribution < -0.4 is 10.1 Å². The van der Waals surface area contributed by atoms with E-state index >= 15 is 0 Å². The Kier molecular flexibility index (Phi) is 4.47. The van der Waals surface area contributed by atoms with Gasteiger partial charge in [-0.05, 0) is 31.2 Å². The van der Waals surface area contributed by atoms with E-state index < -0.39 is 0 Å². The number of nitrogens with zero attached hydrogens (tertiary/aromatic N) is 1. The summed E-state index contributed by atoms with van der Waals surface area (Å²) in [5.41, 5.74) is 1.60. The Hall–Kier alpha value is -1.94. The van der Waals surface area contributed by atoms with Crippen LogP contribution >= 0.6 is 0 Å². The molecule has 1 aromatic heterocycles. The van der Waals surface area contributed by atoms with E-state index in [9.17, 15) is 4.39 Å². The molecule has 100 valence electrons. The fourth-order valence-corrected chi connectivity index (χ4v) is 2.09. The fraction of sp³-hybridized carbons (Fsp3) is 0.267. The number of aromatic nitrogens is 1. The van der Waals surface area contributed by atoms with Gasteiger partial charge in [-0.3, -0.25) is 0 Å². The van der Waals surface area contributed by atoms with Gasteiger partial charge in [0.05, 0.1) is 7.11 Å². The van der Waals surface area contributed by atoms with Crippen LogP contribution in [0.25, 0.3) is 0 Å². The van der Waals surface area contributed by atoms with E-state index in [-0.39, 0.29) is 11.9 Å². The Balaban J connectivity index is 2.28. The maximum atomic E-state index is 13.7. The van der Waals surface area contributed by atoms with E-state index in [1.165, 1.54) is 6.07 Å². The molecule has 19 heavy (non-hydrogen) atoms. The van der Waals surface area contributed by atoms with E-state index in [1.54, 1.807) is 25.4 Å². The largest absolute Gasteiger partial charge is 0.481 e. The Morgan fingerprint density at radius 2 is 2.05 bits per heavy atom. The number of rotatable bonds is 5. The summed E-state index contributed by atoms with van der Waals surface area (Å²) >= 11 is 0. The Bertz CT molecular complexity index is 545. The topological polar surface area (TPSA) is 34.2 Å². The van der Waals surface area contributed by atoms with E-state index in [2.05, 4.69) is 10.3 Å². The van der Waals surface area contributed by atoms with Crippen LogP contribution in [0, 0.1) is 5.82 Å². The van der Waals surface area contributed by atoms with Crippen molar-refractivity contribution in [2.24, 2.45) is 0 Å². The molecule has 0 saturated heterocycles. The average molecular weight is 260 g/mol. The first kappa shape index (κ1) is 13.5. The highest BCUT2D eigenvalue weighted by atomic mass is 19.1. The van der Waals surface area contributed by atoms with E-state index in [0.717, 1.165) is 5.56 Å². The molecule has 0 amide bonds. The second-order valence-corrected chi connectivity index (χ2v) is 4.24. The molecule has 2 rings (SSSR count). The molecule has 0 bridgehead atoms. The van der Waals surface area contributed by atoms with Gasteiger partial charge in [0.25, 0.3) is 0 Å². The molecule has 2 aromatic rings. The van der Waals surface area contributed by atoms with E-state index in [4.69, 9.17) is 4.74 Å². The highest BCUT2D eigenvalue weighted by Crippen LogP contribution is 2.25. The monoisotopic (exact) mass is 260 g/mol. The highest BCUT2D eigenvalue weighted by Gasteiger charge is 2.17. The lowest BCUT2D eigenvalue weighted by Gasteiger charge is -2.18. The number of nitrogens with one attached hydrogen (secondary N) is 1. The zero-order valence-corrected chi connectivity index (χ0v) is 11.1. The van der Waals surface area contributed by atoms with Crippen LogP contribution in [0.5, 0.6) is 5.88 Å². The third-order valence-electron chi connectivity index (χ3n) is 3.10. The van der Waals surface area contributed by atoms with Crippen molar-refractivity contribution in [2.75, 3.05) is 14.2 Å². The minimum Gasteiger partial charge on any atom is -0.481 e. The number of pyridine rings is 1. The van der Waals surface area contributed by atoms with Crippen molar-refractivity contribution in [1.82, 2.24) is 10.3 Å². The maximum absolute atomic E-state index is 13.7. The van der Waals surface area contributed by atoms with Crippen LogP contribution in [-0.4, -0.2) is 19.1 Å². The molecule has 1 unspecified atom stereocenters. The number of halogens is 1. The number of benzene rings is 1. The van der Waals surface area contributed by atoms with Gasteiger partial charge in [0.15, 0.2) is 0 Å². The lowest BCUT2D eigenvalue weighted by molar-refractivity contribution is 0.384. The lowest BCUT2D eigenvalue weighted by Crippen LogP contribution is -2.20. The van der Waals surface area contributed by atoms with Crippen LogP contribution in [0.1, 0.15) is 17.2 Å². The average Bonchev–Trinajstić information content (AvgIpc) is 2.46. The van der Waals surface area contributed by atoms with Gasteiger partial charge >= 0.3 is 0 Å². The van der Waals surface area contributed by atoms with Crippen LogP contribution in [-0.2, 0) is 6.42 Å². The van der Waals surface area contributed by atoms with Gasteiger partial charge in [-0.15, -0.1) is 0 Å². The van der Waals surface area contributed by atoms with Crippen molar-refractivity contribution in [3.05, 3.63) is 59.5 Å². The van der Waals surface area contributed by atoms with Gasteiger partial charge < -0.3 is 10.1 Å². The first-order chi connectivity index (χ1) is 9.26. The number of likely N-dealkylation sites (N-methyl/N-ethyl adjacent to an activating group) is 1. The van der Waals surface area contributed by atoms with Gasteiger partial charge in [-0.25, -0.2) is 9.37 Å². The van der Waals surface area contributed by atoms with Crippen LogP contribution in [0.3, 0.4) is 0 Å². The second-order valence-electron chi connectivity index (χ2n) is 4.24. The van der Waals surface area contributed by atoms with Gasteiger partial charge in [0.2, 0.25) is 5.88 Å². The molecule has 0 spiro atoms. The summed E-state index contributed by atoms with van der Waals surface area (Å²) in [5, 5.41) is 3.18. The second kappa shape index (κ2) is 6.29. The third-order valence-corrected chi connectivity index (χ3v) is 3.10. The minimum absolute atomic E-state index is 0.0412. The molecule has 0 radical (unpaired) electrons. The molecule has 1 aromatic carbocycles. The molecule has 3 nitrogen and oxygen atoms in total. The van der Waals surface area contributed by atoms with Gasteiger partial charge in [0.1, 0.15) is 5.82 Å². The third kappa shape index (κ3) is 3.09. The van der Waals surface area contributed by atoms with E-state index in [0.29, 0.717) is 17.9 Å². The summed E-state index contributed by atoms with van der Waals surface area (Å²) in [5.74, 6) is 0.379. The number of hydrogen-bond donors (Lipinski definition) is 1. The molecule has 1 atom stereocenters. The van der Waals surface area contributed by atoms with Crippen molar-refractivity contribution >= 4 is 0 Å². The zero-order valence-electron chi connectivity index (χ0n) is 11.1. The highest BCUT2D eigenvalue weighted by molar-refractivity contribution is 5.31. The maximum Gasteiger partial charge on any atom is 0.217 e. The van der Waals surface area contributed by atoms with Gasteiger partial charge in [0, 0.05) is 17.8 Å². The summed E-state index contributed by atoms with van der Waals surface area (Å²) in [7, 11) is 3.43. The first-order valence-corrected chi connectivity index (χ1v) is 6.16. The van der Waals surface area contributed by atoms with Crippen molar-refractivity contribution in [2.45, 2.75) is 12.5 Å². The van der Waals surface area contributed by atoms with Crippen molar-refractivity contribution in [1.29, 1.82) is 0 Å². The predicted molar refractivity (Wildman–Crippen MR) is 72.7 cm³/mol. The van der Waals surface area contributed by atoms with Gasteiger partial charge in [-0.2, -0.15) is 0 Å². The quantitative estimate of drug-likeness (QED) is 0.897. The fourth-order valence-electron chi connectivity index (χ4n) is 2.09. The van der Waals surface area contributed by atoms with Gasteiger partial charge in [-0.1, -0.05) is 24.3 Å². The summed E-state index contributed by atoms with van der Waals surface area (Å²) < 4.78 is 19.0. The smallest absolute Gasteiger partial charge is 0.217 e. The Morgan fingerprint density at radius 1 is 1.26 bits per heavy atom. The minimum atomic E-state index is -0.189. The molecule has 0 aliphatic carbocycles. The molecule has 0 fully saturated rings. The first-order valence-electron chi connectivity index (χ1n) is 6.16. The normalized spacial score (nSPS) is 12.2. The van der Waals surface area contributed by atoms with Crippen molar-refractivity contribution < 1.29 is 9.13 Å². The number of ether oxygens (including phenoxy) is 1. The van der Waals surface area contributed by atoms with E-state index in [1.807, 2.05) is 25.2 Å². The zero-order chi connectivity index (χ0) is 13.7. The lowest BCUT2D eigenvalue weighted by atomic mass is 9.99. The summed E-state index contributed by atoms with van der Waals surface area (Å²) in [4.78, 5) is 4.17. The molecule has 0 aliphatic heterocycles. The molecular formula is C15H17FN2O. The molecule has 4 heteroatoms. The number of methoxy groups -OCH3 is 1. The van der Waals surface area contributed by atoms with Crippen molar-refractivity contribution in [3.63, 3.8) is 0 Å². The Morgan fingerprint density at radius 3 is 2.74 bits per heavy atom. The van der Waals surface area contributed by atoms with Crippen LogP contribution in [0.4, 0.5) is 4.39 Å². The Labute approximate surface area is 112 Å². The van der Waals surface area contributed by atoms with Crippen molar-refractivity contribution in [3.8, 4) is 5.88 Å².